The first-order chi connectivity index (χ1) is 16.4. The van der Waals surface area contributed by atoms with Crippen LogP contribution in [0.1, 0.15) is 33.5 Å². The molecule has 2 aliphatic heterocycles. The number of carbonyl (C=O) groups is 1. The molecule has 0 spiro atoms. The predicted molar refractivity (Wildman–Crippen MR) is 108 cm³/mol. The summed E-state index contributed by atoms with van der Waals surface area (Å²) >= 11 is 0. The van der Waals surface area contributed by atoms with E-state index in [0.29, 0.717) is 5.56 Å². The topological polar surface area (TPSA) is 85.0 Å². The fraction of sp³-hybridized carbons (Fsp3) is 0.318. The Morgan fingerprint density at radius 1 is 0.714 bits per heavy atom. The average Bonchev–Trinajstić information content (AvgIpc) is 3.71. The van der Waals surface area contributed by atoms with Gasteiger partial charge in [-0.05, 0) is 12.1 Å². The normalized spacial score (nSPS) is 17.1. The van der Waals surface area contributed by atoms with Crippen molar-refractivity contribution in [1.82, 2.24) is 0 Å². The number of nitrogens with zero attached hydrogens (tertiary/aromatic N) is 4. The molecule has 0 unspecified atom stereocenters. The maximum Gasteiger partial charge on any atom is 0.442 e. The third-order valence-electron chi connectivity index (χ3n) is 5.32. The Balaban J connectivity index is 1.20. The van der Waals surface area contributed by atoms with Crippen molar-refractivity contribution in [1.29, 1.82) is 0 Å². The molecule has 13 heteroatoms. The highest BCUT2D eigenvalue weighted by atomic mass is 19.4. The summed E-state index contributed by atoms with van der Waals surface area (Å²) in [5, 5.41) is 12.5. The first-order valence-corrected chi connectivity index (χ1v) is 10.1. The van der Waals surface area contributed by atoms with Gasteiger partial charge in [-0.15, -0.1) is 20.5 Å². The molecule has 2 heterocycles. The third kappa shape index (κ3) is 4.62. The third-order valence-corrected chi connectivity index (χ3v) is 5.32. The number of esters is 1. The van der Waals surface area contributed by atoms with Gasteiger partial charge in [0, 0.05) is 23.1 Å². The van der Waals surface area contributed by atoms with Crippen molar-refractivity contribution < 1.29 is 40.6 Å². The standard InChI is InChI=1S/C22H16F6N4O3/c1-13(14-3-7-16(8-4-14)19(29-30-19)21(23,24)25)34-11-2-12-35-18(33)15-5-9-17(10-6-15)20(31-32-20)22(26,27)28/h3-10H,1-2,11-12H2. The van der Waals surface area contributed by atoms with E-state index in [-0.39, 0.29) is 42.1 Å². The zero-order valence-corrected chi connectivity index (χ0v) is 17.7. The molecule has 184 valence electrons. The molecule has 0 bridgehead atoms. The molecule has 0 atom stereocenters. The summed E-state index contributed by atoms with van der Waals surface area (Å²) in [7, 11) is 0. The molecular formula is C22H16F6N4O3. The van der Waals surface area contributed by atoms with Gasteiger partial charge in [0.2, 0.25) is 0 Å². The van der Waals surface area contributed by atoms with Crippen LogP contribution in [0.4, 0.5) is 26.3 Å². The first kappa shape index (κ1) is 24.4. The molecule has 4 rings (SSSR count). The lowest BCUT2D eigenvalue weighted by atomic mass is 10.0. The van der Waals surface area contributed by atoms with Crippen LogP contribution < -0.4 is 0 Å². The van der Waals surface area contributed by atoms with Crippen LogP contribution in [0.25, 0.3) is 5.76 Å². The van der Waals surface area contributed by atoms with Gasteiger partial charge in [0.15, 0.2) is 0 Å². The van der Waals surface area contributed by atoms with E-state index in [9.17, 15) is 31.1 Å². The molecule has 0 aromatic heterocycles. The zero-order chi connectivity index (χ0) is 25.5. The lowest BCUT2D eigenvalue weighted by molar-refractivity contribution is -0.166. The van der Waals surface area contributed by atoms with Gasteiger partial charge in [-0.3, -0.25) is 0 Å². The van der Waals surface area contributed by atoms with Crippen molar-refractivity contribution >= 4 is 11.7 Å². The molecule has 0 radical (unpaired) electrons. The van der Waals surface area contributed by atoms with Crippen molar-refractivity contribution in [3.8, 4) is 0 Å². The second kappa shape index (κ2) is 8.47. The molecule has 35 heavy (non-hydrogen) atoms. The van der Waals surface area contributed by atoms with Crippen LogP contribution >= 0.6 is 0 Å². The summed E-state index contributed by atoms with van der Waals surface area (Å²) in [6.45, 7) is 3.78. The quantitative estimate of drug-likeness (QED) is 0.176. The molecule has 7 nitrogen and oxygen atoms in total. The van der Waals surface area contributed by atoms with Gasteiger partial charge in [-0.1, -0.05) is 43.0 Å². The number of carbonyl (C=O) groups excluding carboxylic acids is 1. The Labute approximate surface area is 194 Å². The van der Waals surface area contributed by atoms with Crippen LogP contribution in [0.5, 0.6) is 0 Å². The van der Waals surface area contributed by atoms with Gasteiger partial charge in [0.05, 0.1) is 18.8 Å². The van der Waals surface area contributed by atoms with Crippen LogP contribution in [-0.2, 0) is 20.8 Å². The van der Waals surface area contributed by atoms with Gasteiger partial charge in [0.25, 0.3) is 0 Å². The van der Waals surface area contributed by atoms with Gasteiger partial charge in [-0.2, -0.15) is 26.3 Å². The van der Waals surface area contributed by atoms with Crippen molar-refractivity contribution in [2.24, 2.45) is 20.5 Å². The second-order valence-corrected chi connectivity index (χ2v) is 7.66. The second-order valence-electron chi connectivity index (χ2n) is 7.66. The van der Waals surface area contributed by atoms with Gasteiger partial charge >= 0.3 is 29.6 Å². The smallest absolute Gasteiger partial charge is 0.442 e. The predicted octanol–water partition coefficient (Wildman–Crippen LogP) is 6.28. The molecule has 0 saturated heterocycles. The summed E-state index contributed by atoms with van der Waals surface area (Å²) in [5.41, 5.74) is -4.86. The molecule has 2 aromatic carbocycles. The monoisotopic (exact) mass is 498 g/mol. The number of hydrogen-bond donors (Lipinski definition) is 0. The molecular weight excluding hydrogens is 482 g/mol. The highest BCUT2D eigenvalue weighted by molar-refractivity contribution is 5.89. The number of rotatable bonds is 9. The van der Waals surface area contributed by atoms with Crippen molar-refractivity contribution in [3.05, 3.63) is 77.4 Å². The zero-order valence-electron chi connectivity index (χ0n) is 17.7. The number of hydrogen-bond acceptors (Lipinski definition) is 7. The summed E-state index contributed by atoms with van der Waals surface area (Å²) in [6, 6.07) is 9.92. The molecule has 0 N–H and O–H groups in total. The van der Waals surface area contributed by atoms with Crippen LogP contribution in [0.2, 0.25) is 0 Å². The van der Waals surface area contributed by atoms with E-state index in [0.717, 1.165) is 12.1 Å². The average molecular weight is 498 g/mol. The highest BCUT2D eigenvalue weighted by Crippen LogP contribution is 2.53. The van der Waals surface area contributed by atoms with E-state index in [1.807, 2.05) is 0 Å². The molecule has 0 fully saturated rings. The maximum absolute atomic E-state index is 13.0. The molecule has 2 aromatic rings. The number of ether oxygens (including phenoxy) is 2. The lowest BCUT2D eigenvalue weighted by Gasteiger charge is -2.15. The van der Waals surface area contributed by atoms with Crippen molar-refractivity contribution in [2.45, 2.75) is 30.1 Å². The van der Waals surface area contributed by atoms with Gasteiger partial charge < -0.3 is 9.47 Å². The highest BCUT2D eigenvalue weighted by Gasteiger charge is 2.65. The largest absolute Gasteiger partial charge is 0.493 e. The van der Waals surface area contributed by atoms with Crippen LogP contribution in [0.3, 0.4) is 0 Å². The number of alkyl halides is 6. The Hall–Kier alpha value is -3.77. The van der Waals surface area contributed by atoms with E-state index in [1.54, 1.807) is 0 Å². The number of halogens is 6. The van der Waals surface area contributed by atoms with E-state index in [1.165, 1.54) is 36.4 Å². The van der Waals surface area contributed by atoms with Crippen molar-refractivity contribution in [3.63, 3.8) is 0 Å². The fourth-order valence-electron chi connectivity index (χ4n) is 3.20. The summed E-state index contributed by atoms with van der Waals surface area (Å²) in [6.07, 6.45) is -9.00. The lowest BCUT2D eigenvalue weighted by Crippen LogP contribution is -2.30. The SMILES string of the molecule is C=C(OCCCOC(=O)c1ccc(C2(C(F)(F)F)N=N2)cc1)c1ccc(C2(C(F)(F)F)N=N2)cc1. The Kier molecular flexibility index (Phi) is 5.89. The van der Waals surface area contributed by atoms with E-state index in [4.69, 9.17) is 9.47 Å². The molecule has 2 aliphatic rings. The van der Waals surface area contributed by atoms with E-state index < -0.39 is 29.6 Å². The minimum atomic E-state index is -4.66. The summed E-state index contributed by atoms with van der Waals surface area (Å²) in [5.74, 6) is -0.523. The number of benzene rings is 2. The minimum absolute atomic E-state index is 0.0406. The fourth-order valence-corrected chi connectivity index (χ4v) is 3.20. The Morgan fingerprint density at radius 2 is 1.11 bits per heavy atom. The maximum atomic E-state index is 13.0. The summed E-state index contributed by atoms with van der Waals surface area (Å²) in [4.78, 5) is 12.1. The van der Waals surface area contributed by atoms with E-state index in [2.05, 4.69) is 27.0 Å². The molecule has 0 aliphatic carbocycles. The Bertz CT molecular complexity index is 1080. The van der Waals surface area contributed by atoms with Gasteiger partial charge in [-0.25, -0.2) is 4.79 Å². The van der Waals surface area contributed by atoms with E-state index >= 15 is 0 Å². The van der Waals surface area contributed by atoms with Crippen molar-refractivity contribution in [2.75, 3.05) is 13.2 Å². The molecule has 0 amide bonds. The van der Waals surface area contributed by atoms with Crippen LogP contribution in [0.15, 0.2) is 75.6 Å². The summed E-state index contributed by atoms with van der Waals surface area (Å²) < 4.78 is 88.7. The molecule has 0 saturated carbocycles. The Morgan fingerprint density at radius 3 is 1.51 bits per heavy atom. The van der Waals surface area contributed by atoms with Crippen LogP contribution in [0, 0.1) is 0 Å². The van der Waals surface area contributed by atoms with Crippen LogP contribution in [-0.4, -0.2) is 31.5 Å². The van der Waals surface area contributed by atoms with Gasteiger partial charge in [0.1, 0.15) is 5.76 Å². The minimum Gasteiger partial charge on any atom is -0.493 e. The first-order valence-electron chi connectivity index (χ1n) is 10.1.